The first-order chi connectivity index (χ1) is 9.65. The van der Waals surface area contributed by atoms with E-state index in [1.165, 1.54) is 6.33 Å². The molecule has 0 unspecified atom stereocenters. The Labute approximate surface area is 124 Å². The van der Waals surface area contributed by atoms with Crippen LogP contribution in [-0.2, 0) is 0 Å². The highest BCUT2D eigenvalue weighted by atomic mass is 35.5. The average molecular weight is 307 g/mol. The summed E-state index contributed by atoms with van der Waals surface area (Å²) in [6.07, 6.45) is 3.04. The van der Waals surface area contributed by atoms with Crippen LogP contribution in [0.15, 0.2) is 41.3 Å². The highest BCUT2D eigenvalue weighted by Gasteiger charge is 2.19. The fraction of sp³-hybridized carbons (Fsp3) is 0. The number of anilines is 1. The monoisotopic (exact) mass is 306 g/mol. The Balaban J connectivity index is 2.21. The van der Waals surface area contributed by atoms with Gasteiger partial charge in [0.1, 0.15) is 12.0 Å². The zero-order chi connectivity index (χ0) is 14.1. The van der Waals surface area contributed by atoms with E-state index in [2.05, 4.69) is 15.1 Å². The van der Waals surface area contributed by atoms with Crippen molar-refractivity contribution in [3.05, 3.63) is 46.8 Å². The van der Waals surface area contributed by atoms with Gasteiger partial charge in [-0.25, -0.2) is 9.97 Å². The van der Waals surface area contributed by atoms with Gasteiger partial charge >= 0.3 is 0 Å². The van der Waals surface area contributed by atoms with Gasteiger partial charge in [-0.1, -0.05) is 28.4 Å². The number of benzene rings is 1. The molecule has 0 fully saturated rings. The van der Waals surface area contributed by atoms with Crippen LogP contribution in [0.1, 0.15) is 0 Å². The van der Waals surface area contributed by atoms with Crippen LogP contribution in [0.3, 0.4) is 0 Å². The van der Waals surface area contributed by atoms with Crippen LogP contribution in [0.2, 0.25) is 10.0 Å². The molecule has 0 aliphatic heterocycles. The summed E-state index contributed by atoms with van der Waals surface area (Å²) < 4.78 is 5.07. The Morgan fingerprint density at radius 3 is 2.50 bits per heavy atom. The Morgan fingerprint density at radius 2 is 1.85 bits per heavy atom. The summed E-state index contributed by atoms with van der Waals surface area (Å²) in [5, 5.41) is 4.97. The van der Waals surface area contributed by atoms with Crippen molar-refractivity contribution in [2.45, 2.75) is 0 Å². The SMILES string of the molecule is Nc1onc(-c2cc(Cl)cc(Cl)c2)c1-c1ccncn1. The Bertz CT molecular complexity index is 738. The van der Waals surface area contributed by atoms with Crippen LogP contribution in [0, 0.1) is 0 Å². The van der Waals surface area contributed by atoms with Crippen LogP contribution in [-0.4, -0.2) is 15.1 Å². The molecule has 3 rings (SSSR count). The van der Waals surface area contributed by atoms with Gasteiger partial charge in [0, 0.05) is 21.8 Å². The van der Waals surface area contributed by atoms with Crippen molar-refractivity contribution in [2.24, 2.45) is 0 Å². The molecule has 1 aromatic carbocycles. The zero-order valence-electron chi connectivity index (χ0n) is 10.0. The minimum Gasteiger partial charge on any atom is -0.367 e. The minimum atomic E-state index is 0.176. The Morgan fingerprint density at radius 1 is 1.10 bits per heavy atom. The first kappa shape index (κ1) is 12.9. The predicted octanol–water partition coefficient (Wildman–Crippen LogP) is 3.69. The van der Waals surface area contributed by atoms with Gasteiger partial charge in [0.2, 0.25) is 5.88 Å². The summed E-state index contributed by atoms with van der Waals surface area (Å²) in [6, 6.07) is 6.82. The van der Waals surface area contributed by atoms with Gasteiger partial charge in [-0.15, -0.1) is 0 Å². The maximum atomic E-state index is 6.01. The van der Waals surface area contributed by atoms with Gasteiger partial charge in [-0.2, -0.15) is 0 Å². The quantitative estimate of drug-likeness (QED) is 0.781. The van der Waals surface area contributed by atoms with Crippen molar-refractivity contribution < 1.29 is 4.52 Å². The first-order valence-corrected chi connectivity index (χ1v) is 6.39. The second-order valence-electron chi connectivity index (χ2n) is 4.02. The summed E-state index contributed by atoms with van der Waals surface area (Å²) in [4.78, 5) is 8.03. The topological polar surface area (TPSA) is 77.8 Å². The normalized spacial score (nSPS) is 10.7. The van der Waals surface area contributed by atoms with Crippen LogP contribution in [0.25, 0.3) is 22.5 Å². The van der Waals surface area contributed by atoms with Crippen molar-refractivity contribution in [1.82, 2.24) is 15.1 Å². The van der Waals surface area contributed by atoms with E-state index in [0.29, 0.717) is 32.6 Å². The number of nitrogen functional groups attached to an aromatic ring is 1. The van der Waals surface area contributed by atoms with Gasteiger partial charge in [0.05, 0.1) is 11.3 Å². The second-order valence-corrected chi connectivity index (χ2v) is 4.90. The third-order valence-electron chi connectivity index (χ3n) is 2.69. The molecule has 2 heterocycles. The van der Waals surface area contributed by atoms with Gasteiger partial charge < -0.3 is 10.3 Å². The molecule has 0 atom stereocenters. The maximum Gasteiger partial charge on any atom is 0.232 e. The molecule has 0 bridgehead atoms. The lowest BCUT2D eigenvalue weighted by Crippen LogP contribution is -1.90. The molecule has 0 aliphatic rings. The third kappa shape index (κ3) is 2.33. The largest absolute Gasteiger partial charge is 0.367 e. The Hall–Kier alpha value is -2.11. The van der Waals surface area contributed by atoms with Gasteiger partial charge in [-0.05, 0) is 24.3 Å². The molecule has 0 amide bonds. The average Bonchev–Trinajstić information content (AvgIpc) is 2.80. The molecule has 0 aliphatic carbocycles. The maximum absolute atomic E-state index is 6.01. The molecule has 7 heteroatoms. The van der Waals surface area contributed by atoms with E-state index >= 15 is 0 Å². The molecule has 2 N–H and O–H groups in total. The molecule has 0 saturated carbocycles. The number of halogens is 2. The minimum absolute atomic E-state index is 0.176. The smallest absolute Gasteiger partial charge is 0.232 e. The summed E-state index contributed by atoms with van der Waals surface area (Å²) >= 11 is 12.0. The van der Waals surface area contributed by atoms with Crippen LogP contribution < -0.4 is 5.73 Å². The van der Waals surface area contributed by atoms with Gasteiger partial charge in [0.15, 0.2) is 0 Å². The van der Waals surface area contributed by atoms with E-state index in [1.807, 2.05) is 0 Å². The summed E-state index contributed by atoms with van der Waals surface area (Å²) in [7, 11) is 0. The molecule has 5 nitrogen and oxygen atoms in total. The molecular weight excluding hydrogens is 299 g/mol. The Kier molecular flexibility index (Phi) is 3.30. The summed E-state index contributed by atoms with van der Waals surface area (Å²) in [5.41, 5.74) is 8.27. The van der Waals surface area contributed by atoms with Gasteiger partial charge in [0.25, 0.3) is 0 Å². The van der Waals surface area contributed by atoms with E-state index in [-0.39, 0.29) is 5.88 Å². The van der Waals surface area contributed by atoms with Crippen molar-refractivity contribution in [1.29, 1.82) is 0 Å². The number of hydrogen-bond acceptors (Lipinski definition) is 5. The lowest BCUT2D eigenvalue weighted by Gasteiger charge is -2.03. The lowest BCUT2D eigenvalue weighted by atomic mass is 10.1. The number of aromatic nitrogens is 3. The third-order valence-corrected chi connectivity index (χ3v) is 3.13. The highest BCUT2D eigenvalue weighted by Crippen LogP contribution is 2.36. The molecule has 20 heavy (non-hydrogen) atoms. The van der Waals surface area contributed by atoms with Crippen molar-refractivity contribution in [3.63, 3.8) is 0 Å². The number of rotatable bonds is 2. The number of hydrogen-bond donors (Lipinski definition) is 1. The van der Waals surface area contributed by atoms with Crippen molar-refractivity contribution in [3.8, 4) is 22.5 Å². The summed E-state index contributed by atoms with van der Waals surface area (Å²) in [5.74, 6) is 0.176. The predicted molar refractivity (Wildman–Crippen MR) is 77.4 cm³/mol. The molecule has 100 valence electrons. The van der Waals surface area contributed by atoms with E-state index in [0.717, 1.165) is 0 Å². The molecular formula is C13H8Cl2N4O. The fourth-order valence-electron chi connectivity index (χ4n) is 1.88. The molecule has 0 radical (unpaired) electrons. The number of nitrogens with zero attached hydrogens (tertiary/aromatic N) is 3. The first-order valence-electron chi connectivity index (χ1n) is 5.63. The highest BCUT2D eigenvalue weighted by molar-refractivity contribution is 6.35. The summed E-state index contributed by atoms with van der Waals surface area (Å²) in [6.45, 7) is 0. The lowest BCUT2D eigenvalue weighted by molar-refractivity contribution is 0.439. The number of nitrogens with two attached hydrogens (primary N) is 1. The van der Waals surface area contributed by atoms with Crippen LogP contribution in [0.5, 0.6) is 0 Å². The fourth-order valence-corrected chi connectivity index (χ4v) is 2.40. The molecule has 0 saturated heterocycles. The van der Waals surface area contributed by atoms with E-state index in [9.17, 15) is 0 Å². The zero-order valence-corrected chi connectivity index (χ0v) is 11.6. The molecule has 3 aromatic rings. The van der Waals surface area contributed by atoms with Crippen molar-refractivity contribution >= 4 is 29.1 Å². The second kappa shape index (κ2) is 5.11. The van der Waals surface area contributed by atoms with Crippen LogP contribution >= 0.6 is 23.2 Å². The van der Waals surface area contributed by atoms with E-state index in [1.54, 1.807) is 30.5 Å². The van der Waals surface area contributed by atoms with E-state index < -0.39 is 0 Å². The van der Waals surface area contributed by atoms with Gasteiger partial charge in [-0.3, -0.25) is 0 Å². The molecule has 2 aromatic heterocycles. The van der Waals surface area contributed by atoms with E-state index in [4.69, 9.17) is 33.5 Å². The standard InChI is InChI=1S/C13H8Cl2N4O/c14-8-3-7(4-9(15)5-8)12-11(13(16)20-19-12)10-1-2-17-6-18-10/h1-6H,16H2. The van der Waals surface area contributed by atoms with Crippen molar-refractivity contribution in [2.75, 3.05) is 5.73 Å². The van der Waals surface area contributed by atoms with Crippen LogP contribution in [0.4, 0.5) is 5.88 Å². The molecule has 0 spiro atoms.